The largest absolute Gasteiger partial charge is 0.456 e. The van der Waals surface area contributed by atoms with Gasteiger partial charge in [-0.25, -0.2) is 13.8 Å². The van der Waals surface area contributed by atoms with Crippen LogP contribution in [0.2, 0.25) is 0 Å². The highest BCUT2D eigenvalue weighted by atomic mass is 32.1. The third-order valence-corrected chi connectivity index (χ3v) is 5.18. The van der Waals surface area contributed by atoms with E-state index in [-0.39, 0.29) is 11.1 Å². The van der Waals surface area contributed by atoms with Crippen molar-refractivity contribution in [1.82, 2.24) is 9.55 Å². The summed E-state index contributed by atoms with van der Waals surface area (Å²) in [4.78, 5) is 42.1. The van der Waals surface area contributed by atoms with Crippen molar-refractivity contribution < 1.29 is 23.1 Å². The number of halogens is 2. The first kappa shape index (κ1) is 18.8. The number of ketones is 1. The lowest BCUT2D eigenvalue weighted by molar-refractivity contribution is -0.143. The van der Waals surface area contributed by atoms with Crippen molar-refractivity contribution in [3.8, 4) is 0 Å². The van der Waals surface area contributed by atoms with E-state index >= 15 is 0 Å². The van der Waals surface area contributed by atoms with Crippen molar-refractivity contribution in [1.29, 1.82) is 0 Å². The van der Waals surface area contributed by atoms with Crippen LogP contribution in [0.3, 0.4) is 0 Å². The van der Waals surface area contributed by atoms with Crippen LogP contribution < -0.4 is 5.56 Å². The highest BCUT2D eigenvalue weighted by Crippen LogP contribution is 2.25. The molecule has 0 saturated heterocycles. The van der Waals surface area contributed by atoms with E-state index in [1.165, 1.54) is 17.7 Å². The Hall–Kier alpha value is -2.94. The molecular weight excluding hydrogens is 378 g/mol. The SMILES string of the molecule is Cc1sc2ncn(CC(=O)OCC(=O)c3ccc(F)c(F)c3)c(=O)c2c1C. The van der Waals surface area contributed by atoms with Crippen LogP contribution in [0.4, 0.5) is 8.78 Å². The molecule has 140 valence electrons. The first-order valence-electron chi connectivity index (χ1n) is 7.87. The van der Waals surface area contributed by atoms with Crippen molar-refractivity contribution in [3.05, 3.63) is 62.5 Å². The van der Waals surface area contributed by atoms with E-state index in [1.807, 2.05) is 6.92 Å². The van der Waals surface area contributed by atoms with E-state index in [0.717, 1.165) is 33.2 Å². The smallest absolute Gasteiger partial charge is 0.326 e. The summed E-state index contributed by atoms with van der Waals surface area (Å²) in [6.45, 7) is 2.62. The van der Waals surface area contributed by atoms with E-state index < -0.39 is 36.5 Å². The molecule has 6 nitrogen and oxygen atoms in total. The molecule has 27 heavy (non-hydrogen) atoms. The number of hydrogen-bond donors (Lipinski definition) is 0. The predicted octanol–water partition coefficient (Wildman–Crippen LogP) is 2.78. The number of ether oxygens (including phenoxy) is 1. The molecule has 0 fully saturated rings. The maximum Gasteiger partial charge on any atom is 0.326 e. The number of thiophene rings is 1. The van der Waals surface area contributed by atoms with Crippen molar-refractivity contribution >= 4 is 33.3 Å². The Balaban J connectivity index is 1.69. The van der Waals surface area contributed by atoms with Gasteiger partial charge in [0, 0.05) is 10.4 Å². The van der Waals surface area contributed by atoms with Gasteiger partial charge in [0.2, 0.25) is 0 Å². The predicted molar refractivity (Wildman–Crippen MR) is 95.0 cm³/mol. The summed E-state index contributed by atoms with van der Waals surface area (Å²) in [5.41, 5.74) is 0.320. The van der Waals surface area contributed by atoms with Gasteiger partial charge in [-0.2, -0.15) is 0 Å². The molecule has 3 rings (SSSR count). The second-order valence-corrected chi connectivity index (χ2v) is 7.06. The molecule has 2 aromatic heterocycles. The van der Waals surface area contributed by atoms with E-state index in [2.05, 4.69) is 4.98 Å². The van der Waals surface area contributed by atoms with Crippen molar-refractivity contribution in [2.45, 2.75) is 20.4 Å². The number of esters is 1. The van der Waals surface area contributed by atoms with Gasteiger partial charge in [-0.3, -0.25) is 19.0 Å². The lowest BCUT2D eigenvalue weighted by Crippen LogP contribution is -2.26. The van der Waals surface area contributed by atoms with Crippen LogP contribution in [-0.4, -0.2) is 27.9 Å². The Morgan fingerprint density at radius 3 is 2.67 bits per heavy atom. The molecule has 0 saturated carbocycles. The van der Waals surface area contributed by atoms with E-state index in [4.69, 9.17) is 4.74 Å². The average Bonchev–Trinajstić information content (AvgIpc) is 2.92. The molecule has 9 heteroatoms. The normalized spacial score (nSPS) is 11.0. The molecular formula is C18H14F2N2O4S. The summed E-state index contributed by atoms with van der Waals surface area (Å²) in [5.74, 6) is -3.75. The molecule has 0 N–H and O–H groups in total. The minimum absolute atomic E-state index is 0.119. The Labute approximate surface area is 156 Å². The fraction of sp³-hybridized carbons (Fsp3) is 0.222. The van der Waals surface area contributed by atoms with Gasteiger partial charge in [0.15, 0.2) is 24.0 Å². The van der Waals surface area contributed by atoms with Gasteiger partial charge in [0.05, 0.1) is 11.7 Å². The number of carbonyl (C=O) groups is 2. The molecule has 0 radical (unpaired) electrons. The number of nitrogens with zero attached hydrogens (tertiary/aromatic N) is 2. The zero-order chi connectivity index (χ0) is 19.7. The summed E-state index contributed by atoms with van der Waals surface area (Å²) in [6.07, 6.45) is 1.25. The molecule has 0 aliphatic carbocycles. The zero-order valence-electron chi connectivity index (χ0n) is 14.4. The van der Waals surface area contributed by atoms with E-state index in [9.17, 15) is 23.2 Å². The first-order chi connectivity index (χ1) is 12.8. The molecule has 0 aliphatic heterocycles. The van der Waals surface area contributed by atoms with Gasteiger partial charge >= 0.3 is 5.97 Å². The molecule has 3 aromatic rings. The number of fused-ring (bicyclic) bond motifs is 1. The zero-order valence-corrected chi connectivity index (χ0v) is 15.2. The molecule has 0 atom stereocenters. The van der Waals surface area contributed by atoms with E-state index in [1.54, 1.807) is 6.92 Å². The number of Topliss-reactive ketones (excluding diaryl/α,β-unsaturated/α-hetero) is 1. The summed E-state index contributed by atoms with van der Waals surface area (Å²) >= 11 is 1.39. The molecule has 0 amide bonds. The van der Waals surface area contributed by atoms with Crippen molar-refractivity contribution in [2.24, 2.45) is 0 Å². The Morgan fingerprint density at radius 2 is 1.96 bits per heavy atom. The second kappa shape index (κ2) is 7.36. The highest BCUT2D eigenvalue weighted by Gasteiger charge is 2.16. The monoisotopic (exact) mass is 392 g/mol. The average molecular weight is 392 g/mol. The van der Waals surface area contributed by atoms with Gasteiger partial charge in [0.1, 0.15) is 11.4 Å². The second-order valence-electron chi connectivity index (χ2n) is 5.85. The fourth-order valence-electron chi connectivity index (χ4n) is 2.47. The Bertz CT molecular complexity index is 1120. The van der Waals surface area contributed by atoms with Crippen LogP contribution in [0.5, 0.6) is 0 Å². The summed E-state index contributed by atoms with van der Waals surface area (Å²) < 4.78 is 32.0. The summed E-state index contributed by atoms with van der Waals surface area (Å²) in [6, 6.07) is 2.64. The van der Waals surface area contributed by atoms with Crippen molar-refractivity contribution in [2.75, 3.05) is 6.61 Å². The molecule has 0 spiro atoms. The summed E-state index contributed by atoms with van der Waals surface area (Å²) in [7, 11) is 0. The minimum atomic E-state index is -1.17. The van der Waals surface area contributed by atoms with Gasteiger partial charge in [-0.15, -0.1) is 11.3 Å². The number of hydrogen-bond acceptors (Lipinski definition) is 6. The summed E-state index contributed by atoms with van der Waals surface area (Å²) in [5, 5.41) is 0.450. The van der Waals surface area contributed by atoms with Crippen LogP contribution in [-0.2, 0) is 16.1 Å². The topological polar surface area (TPSA) is 78.3 Å². The van der Waals surface area contributed by atoms with Crippen LogP contribution in [0.1, 0.15) is 20.8 Å². The third kappa shape index (κ3) is 3.77. The number of benzene rings is 1. The molecule has 2 heterocycles. The van der Waals surface area contributed by atoms with Crippen molar-refractivity contribution in [3.63, 3.8) is 0 Å². The van der Waals surface area contributed by atoms with Gasteiger partial charge in [0.25, 0.3) is 5.56 Å². The van der Waals surface area contributed by atoms with Crippen LogP contribution in [0.15, 0.2) is 29.3 Å². The number of carbonyl (C=O) groups excluding carboxylic acids is 2. The molecule has 0 unspecified atom stereocenters. The molecule has 0 bridgehead atoms. The maximum absolute atomic E-state index is 13.2. The van der Waals surface area contributed by atoms with Gasteiger partial charge in [-0.05, 0) is 37.6 Å². The minimum Gasteiger partial charge on any atom is -0.456 e. The standard InChI is InChI=1S/C18H14F2N2O4S/c1-9-10(2)27-17-16(9)18(25)22(8-21-17)6-15(24)26-7-14(23)11-3-4-12(19)13(20)5-11/h3-5,8H,6-7H2,1-2H3. The quantitative estimate of drug-likeness (QED) is 0.493. The number of aryl methyl sites for hydroxylation is 2. The van der Waals surface area contributed by atoms with Gasteiger partial charge in [-0.1, -0.05) is 0 Å². The van der Waals surface area contributed by atoms with Crippen LogP contribution >= 0.6 is 11.3 Å². The highest BCUT2D eigenvalue weighted by molar-refractivity contribution is 7.18. The van der Waals surface area contributed by atoms with Crippen LogP contribution in [0.25, 0.3) is 10.2 Å². The fourth-order valence-corrected chi connectivity index (χ4v) is 3.45. The Morgan fingerprint density at radius 1 is 1.22 bits per heavy atom. The Kier molecular flexibility index (Phi) is 5.13. The lowest BCUT2D eigenvalue weighted by atomic mass is 10.1. The number of rotatable bonds is 5. The lowest BCUT2D eigenvalue weighted by Gasteiger charge is -2.07. The maximum atomic E-state index is 13.2. The van der Waals surface area contributed by atoms with Crippen LogP contribution in [0, 0.1) is 25.5 Å². The molecule has 0 aliphatic rings. The molecule has 1 aromatic carbocycles. The van der Waals surface area contributed by atoms with E-state index in [0.29, 0.717) is 10.2 Å². The third-order valence-electron chi connectivity index (χ3n) is 4.06. The number of aromatic nitrogens is 2. The van der Waals surface area contributed by atoms with Gasteiger partial charge < -0.3 is 4.74 Å². The first-order valence-corrected chi connectivity index (χ1v) is 8.68.